The summed E-state index contributed by atoms with van der Waals surface area (Å²) in [5, 5.41) is 11.2. The van der Waals surface area contributed by atoms with Crippen molar-refractivity contribution in [2.75, 3.05) is 25.5 Å². The number of aromatic nitrogens is 1. The maximum Gasteiger partial charge on any atom is 0.354 e. The van der Waals surface area contributed by atoms with Gasteiger partial charge in [0.1, 0.15) is 5.69 Å². The van der Waals surface area contributed by atoms with E-state index in [1.165, 1.54) is 12.3 Å². The van der Waals surface area contributed by atoms with Crippen LogP contribution in [0.15, 0.2) is 18.3 Å². The van der Waals surface area contributed by atoms with Crippen LogP contribution in [0.3, 0.4) is 0 Å². The Morgan fingerprint density at radius 3 is 2.62 bits per heavy atom. The molecule has 0 aliphatic heterocycles. The van der Waals surface area contributed by atoms with Gasteiger partial charge in [-0.1, -0.05) is 0 Å². The number of nitrogens with one attached hydrogen (secondary N) is 1. The van der Waals surface area contributed by atoms with Gasteiger partial charge in [0.05, 0.1) is 18.4 Å². The van der Waals surface area contributed by atoms with Crippen molar-refractivity contribution >= 4 is 17.6 Å². The molecule has 0 aliphatic carbocycles. The number of carbonyl (C=O) groups excluding carboxylic acids is 1. The van der Waals surface area contributed by atoms with E-state index in [1.807, 2.05) is 0 Å². The molecule has 86 valence electrons. The van der Waals surface area contributed by atoms with E-state index < -0.39 is 5.97 Å². The number of hydrogen-bond donors (Lipinski definition) is 2. The quantitative estimate of drug-likeness (QED) is 0.748. The van der Waals surface area contributed by atoms with E-state index in [2.05, 4.69) is 10.3 Å². The highest BCUT2D eigenvalue weighted by molar-refractivity contribution is 5.85. The molecule has 0 bridgehead atoms. The summed E-state index contributed by atoms with van der Waals surface area (Å²) in [6, 6.07) is 3.01. The molecule has 16 heavy (non-hydrogen) atoms. The molecule has 1 heterocycles. The Labute approximate surface area is 92.9 Å². The van der Waals surface area contributed by atoms with Crippen molar-refractivity contribution in [2.45, 2.75) is 0 Å². The molecule has 2 N–H and O–H groups in total. The smallest absolute Gasteiger partial charge is 0.354 e. The third-order valence-electron chi connectivity index (χ3n) is 2.07. The van der Waals surface area contributed by atoms with E-state index in [1.54, 1.807) is 25.1 Å². The zero-order chi connectivity index (χ0) is 12.1. The van der Waals surface area contributed by atoms with Gasteiger partial charge >= 0.3 is 5.97 Å². The minimum absolute atomic E-state index is 0.0166. The number of anilines is 1. The molecule has 0 fully saturated rings. The summed E-state index contributed by atoms with van der Waals surface area (Å²) in [6.45, 7) is 0.199. The van der Waals surface area contributed by atoms with Crippen LogP contribution < -0.4 is 10.2 Å². The normalized spacial score (nSPS) is 9.62. The molecule has 0 unspecified atom stereocenters. The third-order valence-corrected chi connectivity index (χ3v) is 2.07. The lowest BCUT2D eigenvalue weighted by molar-refractivity contribution is -0.119. The van der Waals surface area contributed by atoms with Gasteiger partial charge in [0, 0.05) is 14.1 Å². The van der Waals surface area contributed by atoms with Crippen LogP contribution in [-0.2, 0) is 4.79 Å². The minimum atomic E-state index is -1.07. The number of carboxylic acids is 1. The number of rotatable bonds is 4. The monoisotopic (exact) mass is 223 g/mol. The second kappa shape index (κ2) is 5.11. The van der Waals surface area contributed by atoms with Crippen molar-refractivity contribution in [2.24, 2.45) is 0 Å². The van der Waals surface area contributed by atoms with E-state index in [4.69, 9.17) is 5.11 Å². The first-order chi connectivity index (χ1) is 7.54. The molecule has 1 rings (SSSR count). The summed E-state index contributed by atoms with van der Waals surface area (Å²) >= 11 is 0. The lowest BCUT2D eigenvalue weighted by Gasteiger charge is -2.17. The first-order valence-corrected chi connectivity index (χ1v) is 4.65. The van der Waals surface area contributed by atoms with E-state index >= 15 is 0 Å². The molecule has 1 aromatic rings. The van der Waals surface area contributed by atoms with E-state index in [9.17, 15) is 9.59 Å². The number of aromatic carboxylic acids is 1. The van der Waals surface area contributed by atoms with Crippen molar-refractivity contribution in [3.63, 3.8) is 0 Å². The molecule has 0 saturated heterocycles. The summed E-state index contributed by atoms with van der Waals surface area (Å²) in [4.78, 5) is 27.1. The van der Waals surface area contributed by atoms with Crippen LogP contribution in [0, 0.1) is 0 Å². The summed E-state index contributed by atoms with van der Waals surface area (Å²) in [5.74, 6) is -1.19. The topological polar surface area (TPSA) is 82.5 Å². The molecule has 0 saturated carbocycles. The maximum absolute atomic E-state index is 11.1. The highest BCUT2D eigenvalue weighted by Gasteiger charge is 2.08. The fourth-order valence-electron chi connectivity index (χ4n) is 1.12. The molecule has 0 spiro atoms. The fraction of sp³-hybridized carbons (Fsp3) is 0.300. The van der Waals surface area contributed by atoms with Gasteiger partial charge in [-0.2, -0.15) is 0 Å². The molecular weight excluding hydrogens is 210 g/mol. The highest BCUT2D eigenvalue weighted by Crippen LogP contribution is 2.10. The molecule has 0 atom stereocenters. The summed E-state index contributed by atoms with van der Waals surface area (Å²) in [6.07, 6.45) is 1.42. The second-order valence-electron chi connectivity index (χ2n) is 3.24. The number of hydrogen-bond acceptors (Lipinski definition) is 4. The Morgan fingerprint density at radius 1 is 1.50 bits per heavy atom. The molecule has 0 aromatic carbocycles. The van der Waals surface area contributed by atoms with Crippen molar-refractivity contribution in [3.8, 4) is 0 Å². The number of pyridine rings is 1. The summed E-state index contributed by atoms with van der Waals surface area (Å²) < 4.78 is 0. The van der Waals surface area contributed by atoms with E-state index in [-0.39, 0.29) is 18.1 Å². The Morgan fingerprint density at radius 2 is 2.19 bits per heavy atom. The number of carboxylic acid groups (broad SMARTS) is 1. The SMILES string of the molecule is CNC(=O)CN(C)c1ccc(C(=O)O)nc1. The molecule has 6 heteroatoms. The second-order valence-corrected chi connectivity index (χ2v) is 3.24. The van der Waals surface area contributed by atoms with Crippen LogP contribution >= 0.6 is 0 Å². The first kappa shape index (κ1) is 12.0. The number of likely N-dealkylation sites (N-methyl/N-ethyl adjacent to an activating group) is 2. The maximum atomic E-state index is 11.1. The number of nitrogens with zero attached hydrogens (tertiary/aromatic N) is 2. The summed E-state index contributed by atoms with van der Waals surface area (Å²) in [5.41, 5.74) is 0.672. The van der Waals surface area contributed by atoms with E-state index in [0.29, 0.717) is 5.69 Å². The Hall–Kier alpha value is -2.11. The summed E-state index contributed by atoms with van der Waals surface area (Å²) in [7, 11) is 3.29. The largest absolute Gasteiger partial charge is 0.477 e. The average molecular weight is 223 g/mol. The molecule has 1 aromatic heterocycles. The fourth-order valence-corrected chi connectivity index (χ4v) is 1.12. The van der Waals surface area contributed by atoms with Gasteiger partial charge in [0.25, 0.3) is 0 Å². The van der Waals surface area contributed by atoms with Crippen LogP contribution in [0.25, 0.3) is 0 Å². The van der Waals surface area contributed by atoms with Crippen LogP contribution in [0.5, 0.6) is 0 Å². The first-order valence-electron chi connectivity index (χ1n) is 4.65. The van der Waals surface area contributed by atoms with Crippen molar-refractivity contribution < 1.29 is 14.7 Å². The van der Waals surface area contributed by atoms with Crippen molar-refractivity contribution in [1.29, 1.82) is 0 Å². The van der Waals surface area contributed by atoms with Crippen LogP contribution in [-0.4, -0.2) is 42.6 Å². The standard InChI is InChI=1S/C10H13N3O3/c1-11-9(14)6-13(2)7-3-4-8(10(15)16)12-5-7/h3-5H,6H2,1-2H3,(H,11,14)(H,15,16). The minimum Gasteiger partial charge on any atom is -0.477 e. The zero-order valence-electron chi connectivity index (χ0n) is 9.10. The predicted molar refractivity (Wildman–Crippen MR) is 58.5 cm³/mol. The Kier molecular flexibility index (Phi) is 3.82. The number of carbonyl (C=O) groups is 2. The van der Waals surface area contributed by atoms with Crippen molar-refractivity contribution in [1.82, 2.24) is 10.3 Å². The van der Waals surface area contributed by atoms with Gasteiger partial charge in [0.2, 0.25) is 5.91 Å². The van der Waals surface area contributed by atoms with Crippen LogP contribution in [0.1, 0.15) is 10.5 Å². The van der Waals surface area contributed by atoms with Crippen LogP contribution in [0.2, 0.25) is 0 Å². The average Bonchev–Trinajstić information content (AvgIpc) is 2.28. The van der Waals surface area contributed by atoms with Crippen LogP contribution in [0.4, 0.5) is 5.69 Å². The lowest BCUT2D eigenvalue weighted by Crippen LogP contribution is -2.33. The molecule has 0 radical (unpaired) electrons. The predicted octanol–water partition coefficient (Wildman–Crippen LogP) is -0.0380. The number of amides is 1. The van der Waals surface area contributed by atoms with Gasteiger partial charge in [-0.05, 0) is 12.1 Å². The van der Waals surface area contributed by atoms with Gasteiger partial charge in [-0.15, -0.1) is 0 Å². The highest BCUT2D eigenvalue weighted by atomic mass is 16.4. The van der Waals surface area contributed by atoms with Crippen molar-refractivity contribution in [3.05, 3.63) is 24.0 Å². The zero-order valence-corrected chi connectivity index (χ0v) is 9.10. The third kappa shape index (κ3) is 2.94. The molecule has 6 nitrogen and oxygen atoms in total. The van der Waals surface area contributed by atoms with E-state index in [0.717, 1.165) is 0 Å². The Bertz CT molecular complexity index is 389. The lowest BCUT2D eigenvalue weighted by atomic mass is 10.3. The van der Waals surface area contributed by atoms with Gasteiger partial charge < -0.3 is 15.3 Å². The molecular formula is C10H13N3O3. The van der Waals surface area contributed by atoms with Gasteiger partial charge in [0.15, 0.2) is 0 Å². The molecule has 1 amide bonds. The Balaban J connectivity index is 2.73. The van der Waals surface area contributed by atoms with Gasteiger partial charge in [-0.25, -0.2) is 9.78 Å². The van der Waals surface area contributed by atoms with Gasteiger partial charge in [-0.3, -0.25) is 4.79 Å². The molecule has 0 aliphatic rings.